The number of nitro benzene ring substituents is 2. The third-order valence-electron chi connectivity index (χ3n) is 3.51. The molecular formula is C20H18N2O6. The molecule has 28 heavy (non-hydrogen) atoms. The van der Waals surface area contributed by atoms with E-state index in [4.69, 9.17) is 9.47 Å². The van der Waals surface area contributed by atoms with Gasteiger partial charge in [-0.3, -0.25) is 20.2 Å². The number of rotatable bonds is 10. The van der Waals surface area contributed by atoms with Gasteiger partial charge in [-0.2, -0.15) is 0 Å². The number of hydrogen-bond acceptors (Lipinski definition) is 6. The first-order valence-corrected chi connectivity index (χ1v) is 8.18. The Labute approximate surface area is 161 Å². The van der Waals surface area contributed by atoms with Gasteiger partial charge in [0.25, 0.3) is 11.4 Å². The molecule has 0 N–H and O–H groups in total. The van der Waals surface area contributed by atoms with Gasteiger partial charge in [-0.15, -0.1) is 0 Å². The van der Waals surface area contributed by atoms with Crippen LogP contribution in [0.2, 0.25) is 0 Å². The van der Waals surface area contributed by atoms with Gasteiger partial charge in [-0.05, 0) is 29.8 Å². The lowest BCUT2D eigenvalue weighted by atomic mass is 10.1. The molecule has 0 aromatic heterocycles. The SMILES string of the molecule is C=CCOc1cc(/C=C/c2ccc([N+](=O)[O-])cc2[N+](=O)[O-])cc(OCC=C)c1. The number of ether oxygens (including phenoxy) is 2. The number of non-ortho nitro benzene ring substituents is 1. The molecular weight excluding hydrogens is 364 g/mol. The highest BCUT2D eigenvalue weighted by Gasteiger charge is 2.17. The zero-order valence-electron chi connectivity index (χ0n) is 14.9. The van der Waals surface area contributed by atoms with Crippen molar-refractivity contribution in [3.63, 3.8) is 0 Å². The van der Waals surface area contributed by atoms with E-state index in [1.807, 2.05) is 0 Å². The second-order valence-electron chi connectivity index (χ2n) is 5.53. The average Bonchev–Trinajstić information content (AvgIpc) is 2.68. The van der Waals surface area contributed by atoms with Crippen LogP contribution >= 0.6 is 0 Å². The molecule has 0 aliphatic heterocycles. The van der Waals surface area contributed by atoms with Crippen molar-refractivity contribution >= 4 is 23.5 Å². The van der Waals surface area contributed by atoms with Gasteiger partial charge in [-0.1, -0.05) is 31.4 Å². The number of nitrogens with zero attached hydrogens (tertiary/aromatic N) is 2. The van der Waals surface area contributed by atoms with Crippen molar-refractivity contribution in [3.05, 3.63) is 93.1 Å². The Bertz CT molecular complexity index is 906. The molecule has 0 atom stereocenters. The normalized spacial score (nSPS) is 10.4. The lowest BCUT2D eigenvalue weighted by molar-refractivity contribution is -0.394. The van der Waals surface area contributed by atoms with Crippen molar-refractivity contribution in [3.8, 4) is 11.5 Å². The van der Waals surface area contributed by atoms with Crippen LogP contribution in [0.5, 0.6) is 11.5 Å². The van der Waals surface area contributed by atoms with Crippen molar-refractivity contribution in [2.75, 3.05) is 13.2 Å². The molecule has 0 radical (unpaired) electrons. The second kappa shape index (κ2) is 9.67. The highest BCUT2D eigenvalue weighted by molar-refractivity contribution is 5.76. The van der Waals surface area contributed by atoms with Gasteiger partial charge in [0.05, 0.1) is 21.5 Å². The predicted octanol–water partition coefficient (Wildman–Crippen LogP) is 4.80. The summed E-state index contributed by atoms with van der Waals surface area (Å²) in [4.78, 5) is 20.7. The Morgan fingerprint density at radius 2 is 1.46 bits per heavy atom. The summed E-state index contributed by atoms with van der Waals surface area (Å²) in [7, 11) is 0. The molecule has 0 fully saturated rings. The van der Waals surface area contributed by atoms with Crippen molar-refractivity contribution in [1.82, 2.24) is 0 Å². The van der Waals surface area contributed by atoms with E-state index >= 15 is 0 Å². The fraction of sp³-hybridized carbons (Fsp3) is 0.100. The Morgan fingerprint density at radius 3 is 1.96 bits per heavy atom. The second-order valence-corrected chi connectivity index (χ2v) is 5.53. The zero-order valence-corrected chi connectivity index (χ0v) is 14.9. The van der Waals surface area contributed by atoms with E-state index in [-0.39, 0.29) is 16.9 Å². The minimum atomic E-state index is -0.676. The van der Waals surface area contributed by atoms with E-state index in [0.29, 0.717) is 30.3 Å². The molecule has 8 nitrogen and oxygen atoms in total. The third kappa shape index (κ3) is 5.53. The number of hydrogen-bond donors (Lipinski definition) is 0. The first-order chi connectivity index (χ1) is 13.4. The molecule has 0 bridgehead atoms. The molecule has 0 saturated heterocycles. The van der Waals surface area contributed by atoms with Crippen LogP contribution in [0.1, 0.15) is 11.1 Å². The molecule has 2 rings (SSSR count). The summed E-state index contributed by atoms with van der Waals surface area (Å²) in [5.41, 5.74) is 0.214. The van der Waals surface area contributed by atoms with Crippen LogP contribution in [0.3, 0.4) is 0 Å². The maximum absolute atomic E-state index is 11.2. The predicted molar refractivity (Wildman–Crippen MR) is 107 cm³/mol. The number of nitro groups is 2. The maximum Gasteiger partial charge on any atom is 0.283 e. The molecule has 0 unspecified atom stereocenters. The van der Waals surface area contributed by atoms with E-state index < -0.39 is 9.85 Å². The first-order valence-electron chi connectivity index (χ1n) is 8.18. The Balaban J connectivity index is 2.38. The van der Waals surface area contributed by atoms with Gasteiger partial charge in [0.15, 0.2) is 0 Å². The smallest absolute Gasteiger partial charge is 0.283 e. The van der Waals surface area contributed by atoms with E-state index in [9.17, 15) is 20.2 Å². The molecule has 2 aromatic rings. The average molecular weight is 382 g/mol. The summed E-state index contributed by atoms with van der Waals surface area (Å²) in [5, 5.41) is 22.1. The Morgan fingerprint density at radius 1 is 0.857 bits per heavy atom. The lowest BCUT2D eigenvalue weighted by Crippen LogP contribution is -1.97. The van der Waals surface area contributed by atoms with Crippen LogP contribution in [0.15, 0.2) is 61.7 Å². The van der Waals surface area contributed by atoms with Gasteiger partial charge in [0.2, 0.25) is 0 Å². The first kappa shape index (κ1) is 20.4. The van der Waals surface area contributed by atoms with Gasteiger partial charge < -0.3 is 9.47 Å². The van der Waals surface area contributed by atoms with E-state index in [2.05, 4.69) is 13.2 Å². The number of benzene rings is 2. The third-order valence-corrected chi connectivity index (χ3v) is 3.51. The lowest BCUT2D eigenvalue weighted by Gasteiger charge is -2.09. The van der Waals surface area contributed by atoms with Crippen LogP contribution in [-0.4, -0.2) is 23.1 Å². The van der Waals surface area contributed by atoms with Crippen LogP contribution in [0.25, 0.3) is 12.2 Å². The molecule has 0 heterocycles. The highest BCUT2D eigenvalue weighted by Crippen LogP contribution is 2.28. The Kier molecular flexibility index (Phi) is 7.04. The minimum absolute atomic E-state index is 0.238. The fourth-order valence-corrected chi connectivity index (χ4v) is 2.30. The summed E-state index contributed by atoms with van der Waals surface area (Å²) < 4.78 is 11.1. The molecule has 2 aromatic carbocycles. The van der Waals surface area contributed by atoms with Crippen LogP contribution in [-0.2, 0) is 0 Å². The molecule has 0 amide bonds. The van der Waals surface area contributed by atoms with E-state index in [1.54, 1.807) is 36.4 Å². The monoisotopic (exact) mass is 382 g/mol. The van der Waals surface area contributed by atoms with Crippen molar-refractivity contribution in [1.29, 1.82) is 0 Å². The highest BCUT2D eigenvalue weighted by atomic mass is 16.6. The van der Waals surface area contributed by atoms with E-state index in [0.717, 1.165) is 6.07 Å². The largest absolute Gasteiger partial charge is 0.489 e. The van der Waals surface area contributed by atoms with Gasteiger partial charge in [0.1, 0.15) is 24.7 Å². The fourth-order valence-electron chi connectivity index (χ4n) is 2.30. The summed E-state index contributed by atoms with van der Waals surface area (Å²) >= 11 is 0. The molecule has 0 aliphatic rings. The minimum Gasteiger partial charge on any atom is -0.489 e. The van der Waals surface area contributed by atoms with Gasteiger partial charge in [-0.25, -0.2) is 0 Å². The van der Waals surface area contributed by atoms with Gasteiger partial charge >= 0.3 is 0 Å². The zero-order chi connectivity index (χ0) is 20.5. The summed E-state index contributed by atoms with van der Waals surface area (Å²) in [5.74, 6) is 1.08. The standard InChI is InChI=1S/C20H18N2O6/c1-3-9-27-18-11-15(12-19(14-18)28-10-4-2)5-6-16-7-8-17(21(23)24)13-20(16)22(25)26/h3-8,11-14H,1-2,9-10H2/b6-5+. The quantitative estimate of drug-likeness (QED) is 0.253. The maximum atomic E-state index is 11.2. The molecule has 0 spiro atoms. The van der Waals surface area contributed by atoms with Crippen molar-refractivity contribution < 1.29 is 19.3 Å². The van der Waals surface area contributed by atoms with Crippen LogP contribution in [0, 0.1) is 20.2 Å². The molecule has 8 heteroatoms. The van der Waals surface area contributed by atoms with Gasteiger partial charge in [0, 0.05) is 12.1 Å². The molecule has 0 aliphatic carbocycles. The van der Waals surface area contributed by atoms with Crippen LogP contribution < -0.4 is 9.47 Å². The van der Waals surface area contributed by atoms with Crippen molar-refractivity contribution in [2.45, 2.75) is 0 Å². The summed E-state index contributed by atoms with van der Waals surface area (Å²) in [6.07, 6.45) is 6.35. The van der Waals surface area contributed by atoms with E-state index in [1.165, 1.54) is 18.2 Å². The van der Waals surface area contributed by atoms with Crippen LogP contribution in [0.4, 0.5) is 11.4 Å². The molecule has 144 valence electrons. The summed E-state index contributed by atoms with van der Waals surface area (Å²) in [6.45, 7) is 7.81. The molecule has 0 saturated carbocycles. The van der Waals surface area contributed by atoms with Crippen molar-refractivity contribution in [2.24, 2.45) is 0 Å². The summed E-state index contributed by atoms with van der Waals surface area (Å²) in [6, 6.07) is 8.66. The topological polar surface area (TPSA) is 105 Å². The Hall–Kier alpha value is -3.94.